The van der Waals surface area contributed by atoms with Crippen molar-refractivity contribution in [3.8, 4) is 22.5 Å². The number of hydrogen-bond donors (Lipinski definition) is 1. The van der Waals surface area contributed by atoms with E-state index in [1.165, 1.54) is 6.07 Å². The summed E-state index contributed by atoms with van der Waals surface area (Å²) in [6.07, 6.45) is 5.13. The van der Waals surface area contributed by atoms with Gasteiger partial charge in [0.05, 0.1) is 17.8 Å². The Morgan fingerprint density at radius 3 is 2.41 bits per heavy atom. The van der Waals surface area contributed by atoms with Crippen molar-refractivity contribution in [2.75, 3.05) is 5.32 Å². The zero-order valence-corrected chi connectivity index (χ0v) is 16.8. The fraction of sp³-hybridized carbons (Fsp3) is 0.0400. The highest BCUT2D eigenvalue weighted by atomic mass is 19.2. The molecular weight excluding hydrogens is 408 g/mol. The quantitative estimate of drug-likeness (QED) is 0.395. The largest absolute Gasteiger partial charge is 0.364 e. The molecule has 2 aromatic carbocycles. The third-order valence-corrected chi connectivity index (χ3v) is 5.03. The van der Waals surface area contributed by atoms with Gasteiger partial charge >= 0.3 is 0 Å². The van der Waals surface area contributed by atoms with Crippen LogP contribution in [-0.2, 0) is 6.54 Å². The van der Waals surface area contributed by atoms with Crippen molar-refractivity contribution in [2.24, 2.45) is 0 Å². The van der Waals surface area contributed by atoms with E-state index >= 15 is 0 Å². The van der Waals surface area contributed by atoms with Gasteiger partial charge in [0, 0.05) is 29.5 Å². The highest BCUT2D eigenvalue weighted by Gasteiger charge is 2.12. The van der Waals surface area contributed by atoms with E-state index in [0.29, 0.717) is 29.3 Å². The van der Waals surface area contributed by atoms with Crippen LogP contribution in [0.2, 0.25) is 0 Å². The molecule has 0 aliphatic carbocycles. The standard InChI is InChI=1S/C25H17F2N5/c26-21-8-6-17(13-22(21)27)16-7-9-23-20(12-16)25(30-15-19-5-1-2-11-29-19)32-24(31-23)18-4-3-10-28-14-18/h1-14H,15H2,(H,30,31,32). The Kier molecular flexibility index (Phi) is 5.21. The summed E-state index contributed by atoms with van der Waals surface area (Å²) in [5.41, 5.74) is 3.67. The van der Waals surface area contributed by atoms with Crippen LogP contribution in [0.1, 0.15) is 5.69 Å². The molecule has 156 valence electrons. The fourth-order valence-electron chi connectivity index (χ4n) is 3.42. The second-order valence-electron chi connectivity index (χ2n) is 7.17. The molecule has 0 saturated carbocycles. The number of halogens is 2. The average molecular weight is 425 g/mol. The summed E-state index contributed by atoms with van der Waals surface area (Å²) in [5.74, 6) is -0.616. The van der Waals surface area contributed by atoms with E-state index in [9.17, 15) is 8.78 Å². The van der Waals surface area contributed by atoms with Crippen LogP contribution in [0.15, 0.2) is 85.3 Å². The zero-order chi connectivity index (χ0) is 21.9. The molecule has 0 saturated heterocycles. The van der Waals surface area contributed by atoms with E-state index in [0.717, 1.165) is 28.3 Å². The number of fused-ring (bicyclic) bond motifs is 1. The lowest BCUT2D eigenvalue weighted by molar-refractivity contribution is 0.509. The number of nitrogens with zero attached hydrogens (tertiary/aromatic N) is 4. The van der Waals surface area contributed by atoms with Crippen molar-refractivity contribution < 1.29 is 8.78 Å². The Hall–Kier alpha value is -4.26. The van der Waals surface area contributed by atoms with Gasteiger partial charge in [-0.3, -0.25) is 9.97 Å². The lowest BCUT2D eigenvalue weighted by Crippen LogP contribution is -2.05. The third kappa shape index (κ3) is 4.00. The van der Waals surface area contributed by atoms with Crippen LogP contribution >= 0.6 is 0 Å². The predicted molar refractivity (Wildman–Crippen MR) is 120 cm³/mol. The van der Waals surface area contributed by atoms with E-state index in [1.54, 1.807) is 24.7 Å². The highest BCUT2D eigenvalue weighted by molar-refractivity contribution is 5.94. The number of hydrogen-bond acceptors (Lipinski definition) is 5. The lowest BCUT2D eigenvalue weighted by atomic mass is 10.0. The first-order valence-electron chi connectivity index (χ1n) is 9.99. The molecule has 0 aliphatic rings. The molecule has 7 heteroatoms. The third-order valence-electron chi connectivity index (χ3n) is 5.03. The number of aromatic nitrogens is 4. The predicted octanol–water partition coefficient (Wildman–Crippen LogP) is 5.64. The van der Waals surface area contributed by atoms with Crippen molar-refractivity contribution >= 4 is 16.7 Å². The summed E-state index contributed by atoms with van der Waals surface area (Å²) in [5, 5.41) is 4.11. The molecule has 3 heterocycles. The topological polar surface area (TPSA) is 63.6 Å². The summed E-state index contributed by atoms with van der Waals surface area (Å²) in [4.78, 5) is 17.9. The van der Waals surface area contributed by atoms with Gasteiger partial charge in [-0.25, -0.2) is 18.7 Å². The first kappa shape index (κ1) is 19.7. The van der Waals surface area contributed by atoms with E-state index in [-0.39, 0.29) is 0 Å². The molecule has 3 aromatic heterocycles. The lowest BCUT2D eigenvalue weighted by Gasteiger charge is -2.12. The van der Waals surface area contributed by atoms with Gasteiger partial charge in [0.25, 0.3) is 0 Å². The van der Waals surface area contributed by atoms with Crippen LogP contribution in [0.3, 0.4) is 0 Å². The normalized spacial score (nSPS) is 10.9. The molecule has 0 radical (unpaired) electrons. The molecule has 0 atom stereocenters. The molecule has 0 unspecified atom stereocenters. The van der Waals surface area contributed by atoms with Crippen LogP contribution in [0, 0.1) is 11.6 Å². The van der Waals surface area contributed by atoms with Gasteiger partial charge in [-0.1, -0.05) is 18.2 Å². The fourth-order valence-corrected chi connectivity index (χ4v) is 3.42. The number of pyridine rings is 2. The minimum atomic E-state index is -0.890. The van der Waals surface area contributed by atoms with Crippen LogP contribution in [0.5, 0.6) is 0 Å². The molecule has 1 N–H and O–H groups in total. The van der Waals surface area contributed by atoms with Crippen molar-refractivity contribution in [3.05, 3.63) is 103 Å². The molecule has 5 aromatic rings. The molecule has 0 spiro atoms. The highest BCUT2D eigenvalue weighted by Crippen LogP contribution is 2.30. The molecule has 0 bridgehead atoms. The Bertz CT molecular complexity index is 1390. The second kappa shape index (κ2) is 8.47. The van der Waals surface area contributed by atoms with Crippen LogP contribution in [-0.4, -0.2) is 19.9 Å². The minimum absolute atomic E-state index is 0.467. The van der Waals surface area contributed by atoms with Crippen molar-refractivity contribution in [1.82, 2.24) is 19.9 Å². The number of nitrogens with one attached hydrogen (secondary N) is 1. The number of benzene rings is 2. The average Bonchev–Trinajstić information content (AvgIpc) is 2.85. The van der Waals surface area contributed by atoms with Crippen LogP contribution in [0.4, 0.5) is 14.6 Å². The smallest absolute Gasteiger partial charge is 0.163 e. The van der Waals surface area contributed by atoms with Gasteiger partial charge in [0.1, 0.15) is 5.82 Å². The maximum absolute atomic E-state index is 13.8. The summed E-state index contributed by atoms with van der Waals surface area (Å²) >= 11 is 0. The Balaban J connectivity index is 1.61. The Labute approximate surface area is 182 Å². The second-order valence-corrected chi connectivity index (χ2v) is 7.17. The van der Waals surface area contributed by atoms with Crippen LogP contribution < -0.4 is 5.32 Å². The first-order valence-corrected chi connectivity index (χ1v) is 9.99. The van der Waals surface area contributed by atoms with Gasteiger partial charge in [-0.2, -0.15) is 0 Å². The SMILES string of the molecule is Fc1ccc(-c2ccc3nc(-c4cccnc4)nc(NCc4ccccn4)c3c2)cc1F. The molecule has 0 aliphatic heterocycles. The van der Waals surface area contributed by atoms with Crippen molar-refractivity contribution in [1.29, 1.82) is 0 Å². The van der Waals surface area contributed by atoms with Gasteiger partial charge in [-0.05, 0) is 59.7 Å². The van der Waals surface area contributed by atoms with Gasteiger partial charge in [0.15, 0.2) is 17.5 Å². The number of rotatable bonds is 5. The molecule has 32 heavy (non-hydrogen) atoms. The molecule has 0 fully saturated rings. The van der Waals surface area contributed by atoms with Crippen LogP contribution in [0.25, 0.3) is 33.4 Å². The van der Waals surface area contributed by atoms with Gasteiger partial charge in [0.2, 0.25) is 0 Å². The minimum Gasteiger partial charge on any atom is -0.364 e. The van der Waals surface area contributed by atoms with E-state index in [2.05, 4.69) is 20.3 Å². The number of anilines is 1. The zero-order valence-electron chi connectivity index (χ0n) is 16.8. The molecule has 5 rings (SSSR count). The monoisotopic (exact) mass is 425 g/mol. The molecule has 0 amide bonds. The first-order chi connectivity index (χ1) is 15.7. The maximum Gasteiger partial charge on any atom is 0.163 e. The Morgan fingerprint density at radius 1 is 0.750 bits per heavy atom. The van der Waals surface area contributed by atoms with E-state index in [1.807, 2.05) is 48.5 Å². The van der Waals surface area contributed by atoms with Gasteiger partial charge in [-0.15, -0.1) is 0 Å². The summed E-state index contributed by atoms with van der Waals surface area (Å²) < 4.78 is 27.2. The van der Waals surface area contributed by atoms with E-state index in [4.69, 9.17) is 4.98 Å². The van der Waals surface area contributed by atoms with Crippen molar-refractivity contribution in [3.63, 3.8) is 0 Å². The molecular formula is C25H17F2N5. The summed E-state index contributed by atoms with van der Waals surface area (Å²) in [7, 11) is 0. The summed E-state index contributed by atoms with van der Waals surface area (Å²) in [6.45, 7) is 0.467. The maximum atomic E-state index is 13.8. The van der Waals surface area contributed by atoms with Gasteiger partial charge < -0.3 is 5.32 Å². The van der Waals surface area contributed by atoms with E-state index < -0.39 is 11.6 Å². The summed E-state index contributed by atoms with van der Waals surface area (Å²) in [6, 6.07) is 18.8. The van der Waals surface area contributed by atoms with Crippen molar-refractivity contribution in [2.45, 2.75) is 6.54 Å². The molecule has 5 nitrogen and oxygen atoms in total. The Morgan fingerprint density at radius 2 is 1.62 bits per heavy atom.